The second-order valence-electron chi connectivity index (χ2n) is 35.6. The molecule has 3 heterocycles. The summed E-state index contributed by atoms with van der Waals surface area (Å²) >= 11 is 0. The first-order chi connectivity index (χ1) is 38.9. The summed E-state index contributed by atoms with van der Waals surface area (Å²) in [6.45, 7) is 52.9. The zero-order chi connectivity index (χ0) is 60.0. The Balaban J connectivity index is 1.16. The highest BCUT2D eigenvalue weighted by Crippen LogP contribution is 2.63. The highest BCUT2D eigenvalue weighted by molar-refractivity contribution is 7.00. The predicted octanol–water partition coefficient (Wildman–Crippen LogP) is 20.2. The van der Waals surface area contributed by atoms with Crippen molar-refractivity contribution in [3.05, 3.63) is 147 Å². The first-order valence-electron chi connectivity index (χ1n) is 33.3. The molecule has 2 unspecified atom stereocenters. The van der Waals surface area contributed by atoms with E-state index >= 15 is 0 Å². The van der Waals surface area contributed by atoms with Gasteiger partial charge >= 0.3 is 0 Å². The van der Waals surface area contributed by atoms with E-state index in [1.165, 1.54) is 177 Å². The van der Waals surface area contributed by atoms with E-state index in [9.17, 15) is 0 Å². The molecule has 0 bridgehead atoms. The normalized spacial score (nSPS) is 26.1. The Hall–Kier alpha value is -5.22. The molecule has 3 nitrogen and oxygen atoms in total. The van der Waals surface area contributed by atoms with E-state index in [1.807, 2.05) is 0 Å². The Bertz CT molecular complexity index is 3620. The van der Waals surface area contributed by atoms with Crippen LogP contribution in [0.25, 0.3) is 0 Å². The number of fused-ring (bicyclic) bond motifs is 11. The van der Waals surface area contributed by atoms with Gasteiger partial charge in [-0.3, -0.25) is 0 Å². The van der Waals surface area contributed by atoms with Gasteiger partial charge in [-0.1, -0.05) is 188 Å². The van der Waals surface area contributed by atoms with Gasteiger partial charge in [0.25, 0.3) is 6.71 Å². The topological polar surface area (TPSA) is 9.72 Å². The molecule has 440 valence electrons. The van der Waals surface area contributed by atoms with Gasteiger partial charge in [-0.25, -0.2) is 0 Å². The second-order valence-corrected chi connectivity index (χ2v) is 35.6. The maximum atomic E-state index is 2.91. The van der Waals surface area contributed by atoms with Gasteiger partial charge in [0.15, 0.2) is 0 Å². The van der Waals surface area contributed by atoms with Gasteiger partial charge in [0.1, 0.15) is 0 Å². The lowest BCUT2D eigenvalue weighted by molar-refractivity contribution is 0.195. The summed E-state index contributed by atoms with van der Waals surface area (Å²) in [7, 11) is 0. The highest BCUT2D eigenvalue weighted by Gasteiger charge is 2.59. The SMILES string of the molecule is CC(C)(C)c1ccc2c(c1)C1(C)CCCCC1(C)N2c1cc2c3c(c1)N(c1ccc4c(c1)C(C)(C)CCC4(C)C)c1cc4c(cc1B3c1cc3c(cc1N2c1ccc2c(c1)C(C)(C)CCC2(C)C)C(C)(C)CCC3(C)C)C(C)(C)CCC4(C)C. The maximum Gasteiger partial charge on any atom is 0.252 e. The molecular weight excluding hydrogens is 1010 g/mol. The van der Waals surface area contributed by atoms with Crippen molar-refractivity contribution in [3.8, 4) is 0 Å². The summed E-state index contributed by atoms with van der Waals surface area (Å²) in [6, 6.07) is 39.8. The van der Waals surface area contributed by atoms with E-state index in [2.05, 4.69) is 251 Å². The molecule has 1 saturated carbocycles. The monoisotopic (exact) mass is 1120 g/mol. The Kier molecular flexibility index (Phi) is 11.7. The van der Waals surface area contributed by atoms with Crippen LogP contribution < -0.4 is 31.1 Å². The molecule has 6 aromatic rings. The van der Waals surface area contributed by atoms with Crippen molar-refractivity contribution in [3.63, 3.8) is 0 Å². The van der Waals surface area contributed by atoms with Crippen LogP contribution in [0.1, 0.15) is 278 Å². The summed E-state index contributed by atoms with van der Waals surface area (Å²) in [5.41, 5.74) is 30.6. The van der Waals surface area contributed by atoms with Crippen LogP contribution in [-0.4, -0.2) is 12.3 Å². The molecule has 3 aliphatic heterocycles. The molecule has 0 N–H and O–H groups in total. The van der Waals surface area contributed by atoms with Gasteiger partial charge in [0.05, 0.1) is 5.54 Å². The Morgan fingerprint density at radius 1 is 0.321 bits per heavy atom. The zero-order valence-electron chi connectivity index (χ0n) is 56.1. The summed E-state index contributed by atoms with van der Waals surface area (Å²) in [4.78, 5) is 8.58. The van der Waals surface area contributed by atoms with Gasteiger partial charge in [-0.2, -0.15) is 0 Å². The van der Waals surface area contributed by atoms with Gasteiger partial charge in [0.2, 0.25) is 0 Å². The molecule has 0 amide bonds. The third-order valence-corrected chi connectivity index (χ3v) is 25.4. The Labute approximate surface area is 509 Å². The molecule has 0 spiro atoms. The third-order valence-electron chi connectivity index (χ3n) is 25.4. The molecule has 1 fully saturated rings. The molecule has 0 aromatic heterocycles. The van der Waals surface area contributed by atoms with Crippen LogP contribution in [0.15, 0.2) is 91.0 Å². The van der Waals surface area contributed by atoms with Crippen molar-refractivity contribution < 1.29 is 0 Å². The molecule has 0 radical (unpaired) electrons. The molecule has 14 rings (SSSR count). The van der Waals surface area contributed by atoms with E-state index in [0.717, 1.165) is 6.42 Å². The fourth-order valence-electron chi connectivity index (χ4n) is 18.8. The molecule has 0 saturated heterocycles. The molecular formula is C80H102BN3. The molecule has 6 aromatic carbocycles. The van der Waals surface area contributed by atoms with Crippen LogP contribution in [0.4, 0.5) is 45.5 Å². The minimum atomic E-state index is -0.147. The predicted molar refractivity (Wildman–Crippen MR) is 363 cm³/mol. The quantitative estimate of drug-likeness (QED) is 0.163. The van der Waals surface area contributed by atoms with E-state index in [0.29, 0.717) is 0 Å². The molecule has 4 heteroatoms. The smallest absolute Gasteiger partial charge is 0.252 e. The number of hydrogen-bond donors (Lipinski definition) is 0. The largest absolute Gasteiger partial charge is 0.334 e. The number of nitrogens with zero attached hydrogens (tertiary/aromatic N) is 3. The highest BCUT2D eigenvalue weighted by atomic mass is 15.3. The lowest BCUT2D eigenvalue weighted by atomic mass is 9.32. The van der Waals surface area contributed by atoms with E-state index in [4.69, 9.17) is 0 Å². The summed E-state index contributed by atoms with van der Waals surface area (Å²) in [5.74, 6) is 0. The van der Waals surface area contributed by atoms with E-state index in [-0.39, 0.29) is 66.4 Å². The van der Waals surface area contributed by atoms with Crippen molar-refractivity contribution in [1.29, 1.82) is 0 Å². The summed E-state index contributed by atoms with van der Waals surface area (Å²) < 4.78 is 0. The van der Waals surface area contributed by atoms with Crippen molar-refractivity contribution in [2.24, 2.45) is 0 Å². The minimum Gasteiger partial charge on any atom is -0.334 e. The van der Waals surface area contributed by atoms with Crippen molar-refractivity contribution in [2.45, 2.75) is 282 Å². The Morgan fingerprint density at radius 2 is 0.690 bits per heavy atom. The van der Waals surface area contributed by atoms with Crippen molar-refractivity contribution in [1.82, 2.24) is 0 Å². The third kappa shape index (κ3) is 7.80. The molecule has 2 atom stereocenters. The first kappa shape index (κ1) is 56.6. The zero-order valence-corrected chi connectivity index (χ0v) is 56.1. The van der Waals surface area contributed by atoms with Crippen LogP contribution in [-0.2, 0) is 54.1 Å². The number of anilines is 8. The van der Waals surface area contributed by atoms with Gasteiger partial charge in [-0.15, -0.1) is 0 Å². The van der Waals surface area contributed by atoms with Gasteiger partial charge in [0, 0.05) is 50.9 Å². The average Bonchev–Trinajstić information content (AvgIpc) is 1.12. The number of benzene rings is 6. The van der Waals surface area contributed by atoms with E-state index < -0.39 is 0 Å². The molecule has 8 aliphatic rings. The van der Waals surface area contributed by atoms with Crippen LogP contribution in [0.5, 0.6) is 0 Å². The van der Waals surface area contributed by atoms with E-state index in [1.54, 1.807) is 11.1 Å². The van der Waals surface area contributed by atoms with Gasteiger partial charge in [-0.05, 0) is 246 Å². The van der Waals surface area contributed by atoms with Crippen LogP contribution in [0, 0.1) is 0 Å². The fraction of sp³-hybridized carbons (Fsp3) is 0.550. The maximum absolute atomic E-state index is 2.91. The van der Waals surface area contributed by atoms with Crippen molar-refractivity contribution in [2.75, 3.05) is 14.7 Å². The Morgan fingerprint density at radius 3 is 1.10 bits per heavy atom. The van der Waals surface area contributed by atoms with Gasteiger partial charge < -0.3 is 14.7 Å². The standard InChI is InChI=1S/C80H102BN3/c1-70(2,3)49-24-29-64-61(40-49)79(20)30-22-23-31-80(79,21)84(64)52-43-67-69-68(44-52)83(51-26-28-54-56(42-51)74(10,11)35-33-72(54,6)7)66-48-60-58(76(14,15)37-39-78(60,18)19)46-63(66)81(69)62-45-57-59(77(16,17)38-36-75(57,12)13)47-65(62)82(67)50-25-27-53-55(41-50)73(8,9)34-32-71(53,4)5/h24-29,40-48H,22-23,30-39H2,1-21H3. The summed E-state index contributed by atoms with van der Waals surface area (Å²) in [6.07, 6.45) is 14.3. The average molecular weight is 1120 g/mol. The van der Waals surface area contributed by atoms with Crippen LogP contribution >= 0.6 is 0 Å². The number of rotatable bonds is 3. The van der Waals surface area contributed by atoms with Crippen LogP contribution in [0.2, 0.25) is 0 Å². The first-order valence-corrected chi connectivity index (χ1v) is 33.3. The second kappa shape index (κ2) is 17.3. The molecule has 5 aliphatic carbocycles. The van der Waals surface area contributed by atoms with Crippen molar-refractivity contribution >= 4 is 68.6 Å². The summed E-state index contributed by atoms with van der Waals surface area (Å²) in [5, 5.41) is 0. The molecule has 84 heavy (non-hydrogen) atoms. The van der Waals surface area contributed by atoms with Crippen LogP contribution in [0.3, 0.4) is 0 Å². The fourth-order valence-corrected chi connectivity index (χ4v) is 18.8. The number of hydrogen-bond acceptors (Lipinski definition) is 3. The lowest BCUT2D eigenvalue weighted by Gasteiger charge is -2.52. The minimum absolute atomic E-state index is 0.00979. The lowest BCUT2D eigenvalue weighted by Crippen LogP contribution is -2.62.